The van der Waals surface area contributed by atoms with E-state index >= 15 is 0 Å². The van der Waals surface area contributed by atoms with Crippen molar-refractivity contribution in [2.75, 3.05) is 0 Å². The predicted octanol–water partition coefficient (Wildman–Crippen LogP) is 0.731. The van der Waals surface area contributed by atoms with Crippen LogP contribution in [0.3, 0.4) is 0 Å². The molecule has 0 aliphatic carbocycles. The van der Waals surface area contributed by atoms with E-state index in [2.05, 4.69) is 0 Å². The first-order chi connectivity index (χ1) is 4.63. The molecule has 5 N–H and O–H groups in total. The first-order valence-electron chi connectivity index (χ1n) is 3.03. The van der Waals surface area contributed by atoms with Crippen molar-refractivity contribution in [1.82, 2.24) is 0 Å². The monoisotopic (exact) mass is 139 g/mol. The maximum atomic E-state index is 7.24. The summed E-state index contributed by atoms with van der Waals surface area (Å²) in [5, 5.41) is 7.24. The molecule has 0 rings (SSSR count). The van der Waals surface area contributed by atoms with Gasteiger partial charge in [-0.2, -0.15) is 0 Å². The molecule has 0 aromatic carbocycles. The third kappa shape index (κ3) is 1.93. The second-order valence-corrected chi connectivity index (χ2v) is 1.95. The summed E-state index contributed by atoms with van der Waals surface area (Å²) in [5.41, 5.74) is 12.2. The molecule has 0 aliphatic rings. The Morgan fingerprint density at radius 3 is 2.10 bits per heavy atom. The lowest BCUT2D eigenvalue weighted by Crippen LogP contribution is -2.09. The Morgan fingerprint density at radius 1 is 1.50 bits per heavy atom. The van der Waals surface area contributed by atoms with Gasteiger partial charge in [-0.25, -0.2) is 0 Å². The summed E-state index contributed by atoms with van der Waals surface area (Å²) in [7, 11) is 0. The van der Waals surface area contributed by atoms with E-state index in [-0.39, 0.29) is 0 Å². The zero-order valence-electron chi connectivity index (χ0n) is 6.31. The number of rotatable bonds is 2. The number of allylic oxidation sites excluding steroid dienone is 2. The lowest BCUT2D eigenvalue weighted by molar-refractivity contribution is 1.29. The number of hydrogen-bond donors (Lipinski definition) is 3. The Morgan fingerprint density at radius 2 is 2.00 bits per heavy atom. The SMILES string of the molecule is C/C=C(C(C)=N)\C(N)=C/N. The Hall–Kier alpha value is -1.25. The molecule has 0 bridgehead atoms. The Bertz CT molecular complexity index is 189. The largest absolute Gasteiger partial charge is 0.403 e. The molecule has 10 heavy (non-hydrogen) atoms. The second-order valence-electron chi connectivity index (χ2n) is 1.95. The smallest absolute Gasteiger partial charge is 0.0559 e. The lowest BCUT2D eigenvalue weighted by Gasteiger charge is -2.02. The predicted molar refractivity (Wildman–Crippen MR) is 43.6 cm³/mol. The molecule has 0 saturated carbocycles. The lowest BCUT2D eigenvalue weighted by atomic mass is 10.1. The van der Waals surface area contributed by atoms with E-state index in [1.165, 1.54) is 6.20 Å². The van der Waals surface area contributed by atoms with E-state index in [0.717, 1.165) is 0 Å². The van der Waals surface area contributed by atoms with Crippen LogP contribution in [0.2, 0.25) is 0 Å². The van der Waals surface area contributed by atoms with Crippen molar-refractivity contribution in [2.45, 2.75) is 13.8 Å². The van der Waals surface area contributed by atoms with Crippen molar-refractivity contribution in [3.63, 3.8) is 0 Å². The highest BCUT2D eigenvalue weighted by molar-refractivity contribution is 5.99. The summed E-state index contributed by atoms with van der Waals surface area (Å²) < 4.78 is 0. The van der Waals surface area contributed by atoms with Gasteiger partial charge in [0.05, 0.1) is 5.70 Å². The van der Waals surface area contributed by atoms with Crippen molar-refractivity contribution in [2.24, 2.45) is 11.5 Å². The molecule has 0 aromatic heterocycles. The standard InChI is InChI=1S/C7H13N3/c1-3-6(5(2)9)7(10)4-8/h3-4,9H,8,10H2,1-2H3/b6-3-,7-4+,9-5?. The van der Waals surface area contributed by atoms with Gasteiger partial charge in [-0.15, -0.1) is 0 Å². The van der Waals surface area contributed by atoms with Crippen LogP contribution in [-0.4, -0.2) is 5.71 Å². The minimum Gasteiger partial charge on any atom is -0.403 e. The van der Waals surface area contributed by atoms with Gasteiger partial charge in [-0.05, 0) is 13.8 Å². The molecule has 3 heteroatoms. The molecule has 0 amide bonds. The summed E-state index contributed by atoms with van der Waals surface area (Å²) in [4.78, 5) is 0. The third-order valence-corrected chi connectivity index (χ3v) is 1.18. The van der Waals surface area contributed by atoms with Crippen LogP contribution in [0.5, 0.6) is 0 Å². The van der Waals surface area contributed by atoms with Gasteiger partial charge in [0.15, 0.2) is 0 Å². The summed E-state index contributed by atoms with van der Waals surface area (Å²) >= 11 is 0. The van der Waals surface area contributed by atoms with Gasteiger partial charge in [-0.1, -0.05) is 6.08 Å². The topological polar surface area (TPSA) is 75.9 Å². The van der Waals surface area contributed by atoms with Gasteiger partial charge >= 0.3 is 0 Å². The summed E-state index contributed by atoms with van der Waals surface area (Å²) in [5.74, 6) is 0. The highest BCUT2D eigenvalue weighted by atomic mass is 14.6. The molecule has 56 valence electrons. The highest BCUT2D eigenvalue weighted by Crippen LogP contribution is 2.02. The molecule has 0 aliphatic heterocycles. The molecule has 0 radical (unpaired) electrons. The molecule has 0 atom stereocenters. The van der Waals surface area contributed by atoms with E-state index in [4.69, 9.17) is 16.9 Å². The molecule has 0 saturated heterocycles. The Labute approximate surface area is 60.9 Å². The quantitative estimate of drug-likeness (QED) is 0.389. The van der Waals surface area contributed by atoms with Gasteiger partial charge in [0, 0.05) is 17.5 Å². The molecular formula is C7H13N3. The van der Waals surface area contributed by atoms with Gasteiger partial charge in [0.2, 0.25) is 0 Å². The van der Waals surface area contributed by atoms with Gasteiger partial charge < -0.3 is 16.9 Å². The van der Waals surface area contributed by atoms with Crippen molar-refractivity contribution in [1.29, 1.82) is 5.41 Å². The summed E-state index contributed by atoms with van der Waals surface area (Å²) in [6.45, 7) is 3.50. The fraction of sp³-hybridized carbons (Fsp3) is 0.286. The summed E-state index contributed by atoms with van der Waals surface area (Å²) in [6, 6.07) is 0. The average Bonchev–Trinajstić information content (AvgIpc) is 1.88. The van der Waals surface area contributed by atoms with Crippen LogP contribution in [0.4, 0.5) is 0 Å². The van der Waals surface area contributed by atoms with E-state index in [9.17, 15) is 0 Å². The van der Waals surface area contributed by atoms with Crippen molar-refractivity contribution < 1.29 is 0 Å². The molecule has 0 heterocycles. The van der Waals surface area contributed by atoms with E-state index in [0.29, 0.717) is 17.0 Å². The van der Waals surface area contributed by atoms with E-state index in [1.54, 1.807) is 13.0 Å². The normalized spacial score (nSPS) is 13.4. The van der Waals surface area contributed by atoms with E-state index < -0.39 is 0 Å². The fourth-order valence-corrected chi connectivity index (χ4v) is 0.689. The molecular weight excluding hydrogens is 126 g/mol. The number of nitrogens with two attached hydrogens (primary N) is 2. The summed E-state index contributed by atoms with van der Waals surface area (Å²) in [6.07, 6.45) is 3.06. The third-order valence-electron chi connectivity index (χ3n) is 1.18. The van der Waals surface area contributed by atoms with Crippen LogP contribution >= 0.6 is 0 Å². The van der Waals surface area contributed by atoms with Crippen LogP contribution in [0.1, 0.15) is 13.8 Å². The zero-order chi connectivity index (χ0) is 8.15. The van der Waals surface area contributed by atoms with Crippen LogP contribution in [0.15, 0.2) is 23.5 Å². The van der Waals surface area contributed by atoms with Gasteiger partial charge in [-0.3, -0.25) is 0 Å². The van der Waals surface area contributed by atoms with Crippen molar-refractivity contribution in [3.8, 4) is 0 Å². The Kier molecular flexibility index (Phi) is 3.25. The minimum atomic E-state index is 0.432. The Balaban J connectivity index is 4.56. The average molecular weight is 139 g/mol. The second kappa shape index (κ2) is 3.71. The first-order valence-corrected chi connectivity index (χ1v) is 3.03. The van der Waals surface area contributed by atoms with E-state index in [1.807, 2.05) is 6.92 Å². The number of hydrogen-bond acceptors (Lipinski definition) is 3. The molecule has 0 spiro atoms. The fourth-order valence-electron chi connectivity index (χ4n) is 0.689. The van der Waals surface area contributed by atoms with Crippen LogP contribution in [-0.2, 0) is 0 Å². The zero-order valence-corrected chi connectivity index (χ0v) is 6.31. The maximum Gasteiger partial charge on any atom is 0.0559 e. The van der Waals surface area contributed by atoms with Crippen LogP contribution in [0, 0.1) is 5.41 Å². The van der Waals surface area contributed by atoms with Gasteiger partial charge in [0.1, 0.15) is 0 Å². The highest BCUT2D eigenvalue weighted by Gasteiger charge is 1.99. The van der Waals surface area contributed by atoms with Crippen molar-refractivity contribution in [3.05, 3.63) is 23.5 Å². The van der Waals surface area contributed by atoms with Crippen LogP contribution < -0.4 is 11.5 Å². The molecule has 0 aromatic rings. The molecule has 0 fully saturated rings. The maximum absolute atomic E-state index is 7.24. The molecule has 3 nitrogen and oxygen atoms in total. The van der Waals surface area contributed by atoms with Crippen molar-refractivity contribution >= 4 is 5.71 Å². The number of nitrogens with one attached hydrogen (secondary N) is 1. The van der Waals surface area contributed by atoms with Crippen LogP contribution in [0.25, 0.3) is 0 Å². The minimum absolute atomic E-state index is 0.432. The molecule has 0 unspecified atom stereocenters. The first kappa shape index (κ1) is 8.75. The van der Waals surface area contributed by atoms with Gasteiger partial charge in [0.25, 0.3) is 0 Å².